The monoisotopic (exact) mass is 307 g/mol. The van der Waals surface area contributed by atoms with Crippen molar-refractivity contribution in [3.8, 4) is 5.75 Å². The molecule has 22 heavy (non-hydrogen) atoms. The van der Waals surface area contributed by atoms with Crippen LogP contribution in [0.15, 0.2) is 24.3 Å². The Morgan fingerprint density at radius 3 is 2.73 bits per heavy atom. The van der Waals surface area contributed by atoms with E-state index in [4.69, 9.17) is 5.73 Å². The molecule has 122 valence electrons. The van der Waals surface area contributed by atoms with Gasteiger partial charge in [0, 0.05) is 25.7 Å². The number of phenolic OH excluding ortho intramolecular Hbond substituents is 1. The minimum atomic E-state index is -0.870. The zero-order valence-electron chi connectivity index (χ0n) is 12.9. The van der Waals surface area contributed by atoms with Gasteiger partial charge in [-0.2, -0.15) is 0 Å². The minimum Gasteiger partial charge on any atom is -0.508 e. The van der Waals surface area contributed by atoms with Crippen LogP contribution in [0.3, 0.4) is 0 Å². The predicted octanol–water partition coefficient (Wildman–Crippen LogP) is 0.181. The molecule has 1 amide bonds. The molecule has 1 aliphatic rings. The molecule has 1 aromatic carbocycles. The number of hydrogen-bond donors (Lipinski definition) is 4. The summed E-state index contributed by atoms with van der Waals surface area (Å²) in [5.41, 5.74) is 6.71. The van der Waals surface area contributed by atoms with Gasteiger partial charge in [0.2, 0.25) is 5.91 Å². The summed E-state index contributed by atoms with van der Waals surface area (Å²) in [6.07, 6.45) is 0.875. The Bertz CT molecular complexity index is 499. The van der Waals surface area contributed by atoms with Gasteiger partial charge >= 0.3 is 0 Å². The van der Waals surface area contributed by atoms with E-state index in [0.29, 0.717) is 0 Å². The van der Waals surface area contributed by atoms with Gasteiger partial charge in [-0.1, -0.05) is 12.1 Å². The fraction of sp³-hybridized carbons (Fsp3) is 0.562. The SMILES string of the molecule is C[C@@H](O)[C@H](N)C(=O)NC1CCN(Cc2cccc(O)c2)CC1. The fourth-order valence-corrected chi connectivity index (χ4v) is 2.66. The van der Waals surface area contributed by atoms with Crippen molar-refractivity contribution in [2.24, 2.45) is 5.73 Å². The first-order chi connectivity index (χ1) is 10.5. The number of aliphatic hydroxyl groups is 1. The number of carbonyl (C=O) groups excluding carboxylic acids is 1. The van der Waals surface area contributed by atoms with Gasteiger partial charge in [-0.25, -0.2) is 0 Å². The Balaban J connectivity index is 1.77. The van der Waals surface area contributed by atoms with Crippen molar-refractivity contribution >= 4 is 5.91 Å². The van der Waals surface area contributed by atoms with Crippen LogP contribution in [0, 0.1) is 0 Å². The van der Waals surface area contributed by atoms with Gasteiger partial charge in [-0.15, -0.1) is 0 Å². The Morgan fingerprint density at radius 1 is 1.45 bits per heavy atom. The smallest absolute Gasteiger partial charge is 0.239 e. The average molecular weight is 307 g/mol. The van der Waals surface area contributed by atoms with Crippen molar-refractivity contribution in [1.29, 1.82) is 0 Å². The lowest BCUT2D eigenvalue weighted by atomic mass is 10.0. The number of likely N-dealkylation sites (tertiary alicyclic amines) is 1. The van der Waals surface area contributed by atoms with E-state index in [1.165, 1.54) is 6.92 Å². The highest BCUT2D eigenvalue weighted by molar-refractivity contribution is 5.82. The molecule has 2 atom stereocenters. The molecule has 1 fully saturated rings. The van der Waals surface area contributed by atoms with E-state index in [-0.39, 0.29) is 17.7 Å². The van der Waals surface area contributed by atoms with Crippen molar-refractivity contribution in [1.82, 2.24) is 10.2 Å². The van der Waals surface area contributed by atoms with E-state index in [2.05, 4.69) is 10.2 Å². The largest absolute Gasteiger partial charge is 0.508 e. The number of aromatic hydroxyl groups is 1. The molecule has 0 bridgehead atoms. The predicted molar refractivity (Wildman–Crippen MR) is 84.2 cm³/mol. The number of phenols is 1. The van der Waals surface area contributed by atoms with Crippen LogP contribution in [-0.2, 0) is 11.3 Å². The molecule has 0 aliphatic carbocycles. The first-order valence-corrected chi connectivity index (χ1v) is 7.70. The summed E-state index contributed by atoms with van der Waals surface area (Å²) >= 11 is 0. The molecule has 1 heterocycles. The van der Waals surface area contributed by atoms with E-state index in [1.54, 1.807) is 12.1 Å². The number of aliphatic hydroxyl groups excluding tert-OH is 1. The molecule has 0 spiro atoms. The van der Waals surface area contributed by atoms with Crippen LogP contribution in [0.5, 0.6) is 5.75 Å². The van der Waals surface area contributed by atoms with Crippen molar-refractivity contribution < 1.29 is 15.0 Å². The normalized spacial score (nSPS) is 19.6. The minimum absolute atomic E-state index is 0.109. The Morgan fingerprint density at radius 2 is 2.14 bits per heavy atom. The number of nitrogens with zero attached hydrogens (tertiary/aromatic N) is 1. The number of carbonyl (C=O) groups is 1. The third kappa shape index (κ3) is 4.69. The summed E-state index contributed by atoms with van der Waals surface area (Å²) in [7, 11) is 0. The molecule has 1 saturated heterocycles. The number of nitrogens with one attached hydrogen (secondary N) is 1. The van der Waals surface area contributed by atoms with Gasteiger partial charge in [0.15, 0.2) is 0 Å². The summed E-state index contributed by atoms with van der Waals surface area (Å²) in [5, 5.41) is 21.7. The van der Waals surface area contributed by atoms with Gasteiger partial charge in [-0.3, -0.25) is 9.69 Å². The summed E-state index contributed by atoms with van der Waals surface area (Å²) in [5.74, 6) is -0.00630. The molecular weight excluding hydrogens is 282 g/mol. The zero-order chi connectivity index (χ0) is 16.1. The second-order valence-corrected chi connectivity index (χ2v) is 6.00. The highest BCUT2D eigenvalue weighted by Crippen LogP contribution is 2.17. The quantitative estimate of drug-likeness (QED) is 0.622. The maximum Gasteiger partial charge on any atom is 0.239 e. The van der Waals surface area contributed by atoms with Gasteiger partial charge in [0.25, 0.3) is 0 Å². The molecule has 0 aromatic heterocycles. The number of nitrogens with two attached hydrogens (primary N) is 1. The molecule has 6 heteroatoms. The second-order valence-electron chi connectivity index (χ2n) is 6.00. The van der Waals surface area contributed by atoms with Crippen molar-refractivity contribution in [3.05, 3.63) is 29.8 Å². The molecule has 1 aliphatic heterocycles. The number of piperidine rings is 1. The van der Waals surface area contributed by atoms with Crippen LogP contribution in [0.1, 0.15) is 25.3 Å². The fourth-order valence-electron chi connectivity index (χ4n) is 2.66. The second kappa shape index (κ2) is 7.58. The summed E-state index contributed by atoms with van der Waals surface area (Å²) < 4.78 is 0. The van der Waals surface area contributed by atoms with Crippen LogP contribution in [-0.4, -0.2) is 52.3 Å². The van der Waals surface area contributed by atoms with Crippen molar-refractivity contribution in [3.63, 3.8) is 0 Å². The first-order valence-electron chi connectivity index (χ1n) is 7.70. The summed E-state index contributed by atoms with van der Waals surface area (Å²) in [6, 6.07) is 6.51. The Hall–Kier alpha value is -1.63. The van der Waals surface area contributed by atoms with Crippen molar-refractivity contribution in [2.75, 3.05) is 13.1 Å². The number of benzene rings is 1. The molecular formula is C16H25N3O3. The lowest BCUT2D eigenvalue weighted by Crippen LogP contribution is -2.52. The van der Waals surface area contributed by atoms with Gasteiger partial charge in [0.05, 0.1) is 6.10 Å². The third-order valence-corrected chi connectivity index (χ3v) is 4.07. The van der Waals surface area contributed by atoms with E-state index < -0.39 is 12.1 Å². The molecule has 0 saturated carbocycles. The molecule has 0 radical (unpaired) electrons. The van der Waals surface area contributed by atoms with E-state index in [0.717, 1.165) is 38.0 Å². The molecule has 6 nitrogen and oxygen atoms in total. The number of rotatable bonds is 5. The Kier molecular flexibility index (Phi) is 5.76. The van der Waals surface area contributed by atoms with Gasteiger partial charge in [-0.05, 0) is 37.5 Å². The lowest BCUT2D eigenvalue weighted by molar-refractivity contribution is -0.125. The Labute approximate surface area is 130 Å². The standard InChI is InChI=1S/C16H25N3O3/c1-11(20)15(17)16(22)18-13-5-7-19(8-6-13)10-12-3-2-4-14(21)9-12/h2-4,9,11,13,15,20-21H,5-8,10,17H2,1H3,(H,18,22)/t11-,15+/m1/s1. The maximum absolute atomic E-state index is 11.8. The zero-order valence-corrected chi connectivity index (χ0v) is 12.9. The van der Waals surface area contributed by atoms with Crippen LogP contribution < -0.4 is 11.1 Å². The van der Waals surface area contributed by atoms with Gasteiger partial charge < -0.3 is 21.3 Å². The highest BCUT2D eigenvalue weighted by Gasteiger charge is 2.24. The van der Waals surface area contributed by atoms with Crippen LogP contribution >= 0.6 is 0 Å². The number of hydrogen-bond acceptors (Lipinski definition) is 5. The third-order valence-electron chi connectivity index (χ3n) is 4.07. The molecule has 5 N–H and O–H groups in total. The lowest BCUT2D eigenvalue weighted by Gasteiger charge is -2.33. The molecule has 0 unspecified atom stereocenters. The average Bonchev–Trinajstić information content (AvgIpc) is 2.48. The topological polar surface area (TPSA) is 98.8 Å². The van der Waals surface area contributed by atoms with E-state index in [1.807, 2.05) is 12.1 Å². The van der Waals surface area contributed by atoms with Crippen molar-refractivity contribution in [2.45, 2.75) is 44.5 Å². The van der Waals surface area contributed by atoms with E-state index in [9.17, 15) is 15.0 Å². The van der Waals surface area contributed by atoms with Gasteiger partial charge in [0.1, 0.15) is 11.8 Å². The molecule has 2 rings (SSSR count). The summed E-state index contributed by atoms with van der Waals surface area (Å²) in [4.78, 5) is 14.1. The van der Waals surface area contributed by atoms with Crippen LogP contribution in [0.2, 0.25) is 0 Å². The number of amides is 1. The maximum atomic E-state index is 11.8. The van der Waals surface area contributed by atoms with Crippen LogP contribution in [0.4, 0.5) is 0 Å². The van der Waals surface area contributed by atoms with E-state index >= 15 is 0 Å². The summed E-state index contributed by atoms with van der Waals surface area (Å²) in [6.45, 7) is 4.07. The molecule has 1 aromatic rings. The van der Waals surface area contributed by atoms with Crippen LogP contribution in [0.25, 0.3) is 0 Å². The highest BCUT2D eigenvalue weighted by atomic mass is 16.3. The first kappa shape index (κ1) is 16.7.